The lowest BCUT2D eigenvalue weighted by molar-refractivity contribution is -0.128. The molecule has 2 amide bonds. The molecule has 1 spiro atoms. The van der Waals surface area contributed by atoms with Gasteiger partial charge in [0.05, 0.1) is 24.5 Å². The summed E-state index contributed by atoms with van der Waals surface area (Å²) < 4.78 is 11.1. The van der Waals surface area contributed by atoms with E-state index in [1.165, 1.54) is 16.2 Å². The first-order valence-corrected chi connectivity index (χ1v) is 8.78. The van der Waals surface area contributed by atoms with Gasteiger partial charge in [-0.2, -0.15) is 0 Å². The molecule has 1 N–H and O–H groups in total. The van der Waals surface area contributed by atoms with Gasteiger partial charge in [-0.25, -0.2) is 4.98 Å². The van der Waals surface area contributed by atoms with Crippen molar-refractivity contribution < 1.29 is 18.8 Å². The van der Waals surface area contributed by atoms with Gasteiger partial charge in [-0.1, -0.05) is 17.3 Å². The van der Waals surface area contributed by atoms with E-state index in [0.29, 0.717) is 23.3 Å². The van der Waals surface area contributed by atoms with Crippen LogP contribution in [0, 0.1) is 18.8 Å². The van der Waals surface area contributed by atoms with E-state index in [0.717, 1.165) is 0 Å². The van der Waals surface area contributed by atoms with Crippen molar-refractivity contribution in [3.63, 3.8) is 0 Å². The van der Waals surface area contributed by atoms with Crippen LogP contribution in [0.5, 0.6) is 0 Å². The van der Waals surface area contributed by atoms with Crippen molar-refractivity contribution in [1.29, 1.82) is 0 Å². The van der Waals surface area contributed by atoms with Gasteiger partial charge in [0.1, 0.15) is 11.4 Å². The molecule has 2 saturated heterocycles. The van der Waals surface area contributed by atoms with E-state index in [1.54, 1.807) is 24.6 Å². The van der Waals surface area contributed by atoms with Crippen LogP contribution in [-0.2, 0) is 14.3 Å². The predicted octanol–water partition coefficient (Wildman–Crippen LogP) is 1.36. The summed E-state index contributed by atoms with van der Waals surface area (Å²) in [6.45, 7) is 2.10. The number of amides is 2. The monoisotopic (exact) mass is 358 g/mol. The maximum atomic E-state index is 13.0. The molecule has 9 heteroatoms. The number of nitrogens with one attached hydrogen (secondary N) is 1. The van der Waals surface area contributed by atoms with Gasteiger partial charge >= 0.3 is 0 Å². The maximum Gasteiger partial charge on any atom is 0.235 e. The van der Waals surface area contributed by atoms with E-state index < -0.39 is 23.5 Å². The molecule has 8 nitrogen and oxygen atoms in total. The lowest BCUT2D eigenvalue weighted by Crippen LogP contribution is -2.41. The Balaban J connectivity index is 1.46. The lowest BCUT2D eigenvalue weighted by Gasteiger charge is -2.22. The molecule has 2 aromatic rings. The highest BCUT2D eigenvalue weighted by Crippen LogP contribution is 2.52. The van der Waals surface area contributed by atoms with Crippen LogP contribution in [0.15, 0.2) is 34.3 Å². The Kier molecular flexibility index (Phi) is 2.95. The molecule has 0 saturated carbocycles. The number of carbonyl (C=O) groups excluding carboxylic acids is 2. The first kappa shape index (κ1) is 14.8. The Morgan fingerprint density at radius 3 is 3.12 bits per heavy atom. The summed E-state index contributed by atoms with van der Waals surface area (Å²) >= 11 is 1.33. The number of thiazole rings is 1. The summed E-state index contributed by atoms with van der Waals surface area (Å²) in [6, 6.07) is 1.70. The maximum absolute atomic E-state index is 13.0. The number of anilines is 2. The van der Waals surface area contributed by atoms with Crippen LogP contribution >= 0.6 is 11.3 Å². The summed E-state index contributed by atoms with van der Waals surface area (Å²) in [5.41, 5.74) is -0.778. The van der Waals surface area contributed by atoms with Gasteiger partial charge in [0.2, 0.25) is 11.8 Å². The number of nitrogens with zero attached hydrogens (tertiary/aromatic N) is 3. The standard InChI is InChI=1S/C16H14N4O4S/c1-8-6-10(19-24-8)20-7-16-3-2-9(23-16)11(12(16)14(20)22)13(21)18-15-17-4-5-25-15/h2-6,9,11-12H,7H2,1H3,(H,17,18,21)/t9-,11-,12-,16-/m1/s1. The quantitative estimate of drug-likeness (QED) is 0.832. The summed E-state index contributed by atoms with van der Waals surface area (Å²) in [5.74, 6) is -0.497. The molecular weight excluding hydrogens is 344 g/mol. The molecule has 2 aromatic heterocycles. The van der Waals surface area contributed by atoms with Crippen molar-refractivity contribution in [1.82, 2.24) is 10.1 Å². The third kappa shape index (κ3) is 2.02. The Morgan fingerprint density at radius 1 is 1.52 bits per heavy atom. The molecule has 2 fully saturated rings. The van der Waals surface area contributed by atoms with Crippen LogP contribution in [0.1, 0.15) is 5.76 Å². The average molecular weight is 358 g/mol. The number of hydrogen-bond acceptors (Lipinski definition) is 7. The van der Waals surface area contributed by atoms with Gasteiger partial charge in [-0.05, 0) is 6.92 Å². The van der Waals surface area contributed by atoms with Crippen molar-refractivity contribution >= 4 is 34.1 Å². The van der Waals surface area contributed by atoms with Gasteiger partial charge in [-0.3, -0.25) is 14.5 Å². The van der Waals surface area contributed by atoms with Crippen molar-refractivity contribution in [3.05, 3.63) is 35.6 Å². The fourth-order valence-electron chi connectivity index (χ4n) is 3.95. The van der Waals surface area contributed by atoms with Crippen molar-refractivity contribution in [3.8, 4) is 0 Å². The number of fused-ring (bicyclic) bond motifs is 1. The molecule has 5 heterocycles. The van der Waals surface area contributed by atoms with Crippen molar-refractivity contribution in [2.75, 3.05) is 16.8 Å². The molecule has 3 aliphatic heterocycles. The van der Waals surface area contributed by atoms with Crippen LogP contribution < -0.4 is 10.2 Å². The number of hydrogen-bond donors (Lipinski definition) is 1. The van der Waals surface area contributed by atoms with Crippen LogP contribution in [0.25, 0.3) is 0 Å². The third-order valence-electron chi connectivity index (χ3n) is 4.96. The zero-order valence-electron chi connectivity index (χ0n) is 13.2. The molecule has 5 rings (SSSR count). The van der Waals surface area contributed by atoms with E-state index in [9.17, 15) is 9.59 Å². The summed E-state index contributed by atoms with van der Waals surface area (Å²) in [7, 11) is 0. The zero-order valence-corrected chi connectivity index (χ0v) is 14.0. The molecular formula is C16H14N4O4S. The van der Waals surface area contributed by atoms with Gasteiger partial charge < -0.3 is 14.6 Å². The van der Waals surface area contributed by atoms with Gasteiger partial charge in [0.15, 0.2) is 10.9 Å². The van der Waals surface area contributed by atoms with E-state index in [-0.39, 0.29) is 11.8 Å². The zero-order chi connectivity index (χ0) is 17.2. The highest BCUT2D eigenvalue weighted by atomic mass is 32.1. The van der Waals surface area contributed by atoms with Crippen molar-refractivity contribution in [2.24, 2.45) is 11.8 Å². The molecule has 4 atom stereocenters. The Labute approximate surface area is 146 Å². The van der Waals surface area contributed by atoms with Gasteiger partial charge in [0.25, 0.3) is 0 Å². The minimum atomic E-state index is -0.778. The summed E-state index contributed by atoms with van der Waals surface area (Å²) in [5, 5.41) is 9.01. The van der Waals surface area contributed by atoms with E-state index in [1.807, 2.05) is 12.2 Å². The third-order valence-corrected chi connectivity index (χ3v) is 5.65. The summed E-state index contributed by atoms with van der Waals surface area (Å²) in [4.78, 5) is 31.4. The highest BCUT2D eigenvalue weighted by molar-refractivity contribution is 7.13. The molecule has 0 aliphatic carbocycles. The number of carbonyl (C=O) groups is 2. The van der Waals surface area contributed by atoms with Crippen LogP contribution in [0.3, 0.4) is 0 Å². The number of rotatable bonds is 3. The van der Waals surface area contributed by atoms with Crippen LogP contribution in [0.2, 0.25) is 0 Å². The first-order chi connectivity index (χ1) is 12.1. The predicted molar refractivity (Wildman–Crippen MR) is 88.1 cm³/mol. The largest absolute Gasteiger partial charge is 0.360 e. The smallest absolute Gasteiger partial charge is 0.235 e. The average Bonchev–Trinajstić information content (AvgIpc) is 3.36. The van der Waals surface area contributed by atoms with E-state index >= 15 is 0 Å². The van der Waals surface area contributed by atoms with Crippen molar-refractivity contribution in [2.45, 2.75) is 18.6 Å². The van der Waals surface area contributed by atoms with E-state index in [4.69, 9.17) is 9.26 Å². The lowest BCUT2D eigenvalue weighted by atomic mass is 9.77. The Bertz CT molecular complexity index is 892. The second kappa shape index (κ2) is 4.99. The molecule has 25 heavy (non-hydrogen) atoms. The van der Waals surface area contributed by atoms with Gasteiger partial charge in [0, 0.05) is 17.6 Å². The second-order valence-electron chi connectivity index (χ2n) is 6.45. The van der Waals surface area contributed by atoms with Crippen LogP contribution in [0.4, 0.5) is 10.9 Å². The van der Waals surface area contributed by atoms with Gasteiger partial charge in [-0.15, -0.1) is 11.3 Å². The first-order valence-electron chi connectivity index (χ1n) is 7.90. The molecule has 0 unspecified atom stereocenters. The fraction of sp³-hybridized carbons (Fsp3) is 0.375. The molecule has 128 valence electrons. The number of ether oxygens (including phenoxy) is 1. The van der Waals surface area contributed by atoms with Crippen LogP contribution in [-0.4, -0.2) is 40.2 Å². The molecule has 2 bridgehead atoms. The van der Waals surface area contributed by atoms with E-state index in [2.05, 4.69) is 15.5 Å². The minimum absolute atomic E-state index is 0.167. The Hall–Kier alpha value is -2.52. The Morgan fingerprint density at radius 2 is 2.40 bits per heavy atom. The molecule has 3 aliphatic rings. The topological polar surface area (TPSA) is 97.6 Å². The molecule has 0 radical (unpaired) electrons. The highest BCUT2D eigenvalue weighted by Gasteiger charge is 2.67. The summed E-state index contributed by atoms with van der Waals surface area (Å²) in [6.07, 6.45) is 5.00. The SMILES string of the molecule is Cc1cc(N2C[C@@]34C=C[C@@H](O3)[C@@H](C(=O)Nc3nccs3)[C@@H]4C2=O)no1. The second-order valence-corrected chi connectivity index (χ2v) is 7.34. The number of aromatic nitrogens is 2. The minimum Gasteiger partial charge on any atom is -0.360 e. The normalized spacial score (nSPS) is 32.4. The number of aryl methyl sites for hydroxylation is 1. The fourth-order valence-corrected chi connectivity index (χ4v) is 4.48. The molecule has 0 aromatic carbocycles.